The van der Waals surface area contributed by atoms with Crippen LogP contribution in [0.4, 0.5) is 0 Å². The molecule has 0 amide bonds. The van der Waals surface area contributed by atoms with Gasteiger partial charge in [-0.25, -0.2) is 9.98 Å². The lowest BCUT2D eigenvalue weighted by molar-refractivity contribution is 0.299. The molecule has 2 aliphatic rings. The minimum Gasteiger partial charge on any atom is -0.475 e. The van der Waals surface area contributed by atoms with Crippen molar-refractivity contribution in [3.63, 3.8) is 0 Å². The van der Waals surface area contributed by atoms with E-state index in [1.807, 2.05) is 0 Å². The van der Waals surface area contributed by atoms with E-state index in [-0.39, 0.29) is 12.1 Å². The Morgan fingerprint density at radius 3 is 1.61 bits per heavy atom. The zero-order chi connectivity index (χ0) is 19.7. The van der Waals surface area contributed by atoms with Gasteiger partial charge in [0.05, 0.1) is 12.1 Å². The van der Waals surface area contributed by atoms with Crippen molar-refractivity contribution in [2.24, 2.45) is 21.8 Å². The van der Waals surface area contributed by atoms with Crippen LogP contribution >= 0.6 is 0 Å². The first-order valence-electron chi connectivity index (χ1n) is 10.4. The van der Waals surface area contributed by atoms with Crippen molar-refractivity contribution in [1.29, 1.82) is 0 Å². The van der Waals surface area contributed by atoms with Crippen LogP contribution in [0.1, 0.15) is 51.7 Å². The molecule has 0 saturated heterocycles. The maximum atomic E-state index is 6.03. The summed E-state index contributed by atoms with van der Waals surface area (Å²) in [5, 5.41) is 2.36. The fraction of sp³-hybridized carbons (Fsp3) is 0.500. The number of benzene rings is 2. The van der Waals surface area contributed by atoms with Gasteiger partial charge in [0.25, 0.3) is 0 Å². The first-order valence-corrected chi connectivity index (χ1v) is 10.4. The van der Waals surface area contributed by atoms with Gasteiger partial charge >= 0.3 is 0 Å². The quantitative estimate of drug-likeness (QED) is 0.691. The lowest BCUT2D eigenvalue weighted by atomic mass is 10.00. The van der Waals surface area contributed by atoms with Crippen molar-refractivity contribution in [2.75, 3.05) is 13.2 Å². The first kappa shape index (κ1) is 19.0. The number of hydrogen-bond acceptors (Lipinski definition) is 4. The van der Waals surface area contributed by atoms with Crippen LogP contribution in [0.5, 0.6) is 0 Å². The number of ether oxygens (including phenoxy) is 2. The number of hydrogen-bond donors (Lipinski definition) is 0. The van der Waals surface area contributed by atoms with Crippen LogP contribution in [0.25, 0.3) is 10.8 Å². The van der Waals surface area contributed by atoms with E-state index in [0.717, 1.165) is 35.8 Å². The summed E-state index contributed by atoms with van der Waals surface area (Å²) in [5.41, 5.74) is 1.99. The number of rotatable bonds is 6. The Balaban J connectivity index is 1.74. The standard InChI is InChI=1S/C24H30N2O2/c1-15(2)9-19-13-27-23(25-19)21-11-17-7-5-6-8-18(17)12-22(21)24-26-20(14-28-24)10-16(3)4/h5-8,11-12,15-16,19-20H,9-10,13-14H2,1-4H3/t19-,20-/m0/s1. The van der Waals surface area contributed by atoms with Gasteiger partial charge in [-0.2, -0.15) is 0 Å². The van der Waals surface area contributed by atoms with Crippen molar-refractivity contribution in [3.05, 3.63) is 47.5 Å². The number of fused-ring (bicyclic) bond motifs is 1. The molecule has 0 spiro atoms. The van der Waals surface area contributed by atoms with Crippen molar-refractivity contribution >= 4 is 22.6 Å². The summed E-state index contributed by atoms with van der Waals surface area (Å²) >= 11 is 0. The molecular weight excluding hydrogens is 348 g/mol. The van der Waals surface area contributed by atoms with Crippen molar-refractivity contribution in [1.82, 2.24) is 0 Å². The van der Waals surface area contributed by atoms with Gasteiger partial charge < -0.3 is 9.47 Å². The average Bonchev–Trinajstić information content (AvgIpc) is 3.29. The van der Waals surface area contributed by atoms with Crippen LogP contribution in [-0.2, 0) is 9.47 Å². The molecule has 0 saturated carbocycles. The zero-order valence-corrected chi connectivity index (χ0v) is 17.3. The molecule has 0 aliphatic carbocycles. The molecule has 148 valence electrons. The Morgan fingerprint density at radius 1 is 0.786 bits per heavy atom. The highest BCUT2D eigenvalue weighted by atomic mass is 16.5. The molecule has 4 heteroatoms. The Bertz CT molecular complexity index is 839. The van der Waals surface area contributed by atoms with E-state index in [9.17, 15) is 0 Å². The molecule has 0 aromatic heterocycles. The Labute approximate surface area is 167 Å². The van der Waals surface area contributed by atoms with Crippen LogP contribution < -0.4 is 0 Å². The van der Waals surface area contributed by atoms with E-state index in [4.69, 9.17) is 19.5 Å². The van der Waals surface area contributed by atoms with E-state index in [0.29, 0.717) is 25.0 Å². The topological polar surface area (TPSA) is 43.2 Å². The van der Waals surface area contributed by atoms with Gasteiger partial charge in [-0.05, 0) is 47.6 Å². The van der Waals surface area contributed by atoms with Crippen LogP contribution in [0, 0.1) is 11.8 Å². The third kappa shape index (κ3) is 4.06. The second kappa shape index (κ2) is 7.94. The molecular formula is C24H30N2O2. The molecule has 2 atom stereocenters. The molecule has 4 rings (SSSR count). The molecule has 2 heterocycles. The molecule has 0 N–H and O–H groups in total. The van der Waals surface area contributed by atoms with Gasteiger partial charge in [0.1, 0.15) is 13.2 Å². The monoisotopic (exact) mass is 378 g/mol. The summed E-state index contributed by atoms with van der Waals surface area (Å²) in [6.45, 7) is 10.2. The van der Waals surface area contributed by atoms with E-state index < -0.39 is 0 Å². The zero-order valence-electron chi connectivity index (χ0n) is 17.3. The van der Waals surface area contributed by atoms with Crippen LogP contribution in [0.3, 0.4) is 0 Å². The van der Waals surface area contributed by atoms with Crippen molar-refractivity contribution < 1.29 is 9.47 Å². The summed E-state index contributed by atoms with van der Waals surface area (Å²) in [5.74, 6) is 2.66. The maximum Gasteiger partial charge on any atom is 0.217 e. The summed E-state index contributed by atoms with van der Waals surface area (Å²) in [6, 6.07) is 13.2. The molecule has 2 aromatic carbocycles. The van der Waals surface area contributed by atoms with E-state index in [1.54, 1.807) is 0 Å². The first-order chi connectivity index (χ1) is 13.5. The highest BCUT2D eigenvalue weighted by Gasteiger charge is 2.28. The molecule has 0 bridgehead atoms. The van der Waals surface area contributed by atoms with Gasteiger partial charge in [0, 0.05) is 11.1 Å². The average molecular weight is 379 g/mol. The Kier molecular flexibility index (Phi) is 5.38. The lowest BCUT2D eigenvalue weighted by Crippen LogP contribution is -2.12. The Morgan fingerprint density at radius 2 is 1.21 bits per heavy atom. The molecule has 0 radical (unpaired) electrons. The lowest BCUT2D eigenvalue weighted by Gasteiger charge is -2.11. The van der Waals surface area contributed by atoms with Crippen LogP contribution in [0.2, 0.25) is 0 Å². The van der Waals surface area contributed by atoms with Gasteiger partial charge in [-0.1, -0.05) is 52.0 Å². The fourth-order valence-electron chi connectivity index (χ4n) is 4.05. The predicted octanol–water partition coefficient (Wildman–Crippen LogP) is 5.22. The molecule has 2 aliphatic heterocycles. The molecule has 2 aromatic rings. The third-order valence-electron chi connectivity index (χ3n) is 5.26. The van der Waals surface area contributed by atoms with Gasteiger partial charge in [0.2, 0.25) is 11.8 Å². The number of nitrogens with zero attached hydrogens (tertiary/aromatic N) is 2. The Hall–Kier alpha value is -2.36. The summed E-state index contributed by atoms with van der Waals surface area (Å²) in [6.07, 6.45) is 2.08. The second-order valence-corrected chi connectivity index (χ2v) is 8.80. The minimum absolute atomic E-state index is 0.231. The second-order valence-electron chi connectivity index (χ2n) is 8.80. The SMILES string of the molecule is CC(C)C[C@H]1COC(c2cc3ccccc3cc2C2=N[C@@H](CC(C)C)CO2)=N1. The van der Waals surface area contributed by atoms with Gasteiger partial charge in [-0.3, -0.25) is 0 Å². The summed E-state index contributed by atoms with van der Waals surface area (Å²) < 4.78 is 12.1. The van der Waals surface area contributed by atoms with E-state index in [1.165, 1.54) is 10.8 Å². The molecule has 28 heavy (non-hydrogen) atoms. The normalized spacial score (nSPS) is 21.8. The fourth-order valence-corrected chi connectivity index (χ4v) is 4.05. The van der Waals surface area contributed by atoms with Gasteiger partial charge in [-0.15, -0.1) is 0 Å². The van der Waals surface area contributed by atoms with E-state index in [2.05, 4.69) is 64.1 Å². The maximum absolute atomic E-state index is 6.03. The predicted molar refractivity (Wildman–Crippen MR) is 115 cm³/mol. The highest BCUT2D eigenvalue weighted by molar-refractivity contribution is 6.11. The number of aliphatic imine (C=N–C) groups is 2. The molecule has 0 unspecified atom stereocenters. The van der Waals surface area contributed by atoms with Crippen molar-refractivity contribution in [2.45, 2.75) is 52.6 Å². The van der Waals surface area contributed by atoms with Crippen LogP contribution in [-0.4, -0.2) is 37.1 Å². The molecule has 4 nitrogen and oxygen atoms in total. The third-order valence-corrected chi connectivity index (χ3v) is 5.26. The minimum atomic E-state index is 0.231. The van der Waals surface area contributed by atoms with Gasteiger partial charge in [0.15, 0.2) is 0 Å². The van der Waals surface area contributed by atoms with Crippen molar-refractivity contribution in [3.8, 4) is 0 Å². The van der Waals surface area contributed by atoms with Crippen LogP contribution in [0.15, 0.2) is 46.4 Å². The largest absolute Gasteiger partial charge is 0.475 e. The highest BCUT2D eigenvalue weighted by Crippen LogP contribution is 2.28. The smallest absolute Gasteiger partial charge is 0.217 e. The summed E-state index contributed by atoms with van der Waals surface area (Å²) in [4.78, 5) is 9.78. The van der Waals surface area contributed by atoms with E-state index >= 15 is 0 Å². The molecule has 0 fully saturated rings. The summed E-state index contributed by atoms with van der Waals surface area (Å²) in [7, 11) is 0.